The number of benzene rings is 1. The number of fused-ring (bicyclic) bond motifs is 2. The number of hydrogen-bond acceptors (Lipinski definition) is 5. The quantitative estimate of drug-likeness (QED) is 0.686. The molecule has 2 bridgehead atoms. The molecule has 4 amide bonds. The molecule has 2 atom stereocenters. The summed E-state index contributed by atoms with van der Waals surface area (Å²) >= 11 is 0. The zero-order valence-corrected chi connectivity index (χ0v) is 20.4. The summed E-state index contributed by atoms with van der Waals surface area (Å²) < 4.78 is 5.43. The summed E-state index contributed by atoms with van der Waals surface area (Å²) in [5, 5.41) is 4.60. The lowest BCUT2D eigenvalue weighted by atomic mass is 9.97. The fourth-order valence-corrected chi connectivity index (χ4v) is 4.84. The monoisotopic (exact) mass is 472 g/mol. The maximum absolute atomic E-state index is 12.9. The van der Waals surface area contributed by atoms with Gasteiger partial charge in [0.15, 0.2) is 0 Å². The molecule has 0 unspecified atom stereocenters. The zero-order chi connectivity index (χ0) is 24.3. The number of nitrogens with zero attached hydrogens (tertiary/aromatic N) is 3. The summed E-state index contributed by atoms with van der Waals surface area (Å²) in [7, 11) is 0. The Balaban J connectivity index is 1.22. The number of hydrogen-bond donors (Lipinski definition) is 1. The van der Waals surface area contributed by atoms with Gasteiger partial charge >= 0.3 is 12.1 Å². The summed E-state index contributed by atoms with van der Waals surface area (Å²) in [6.45, 7) is 7.62. The Bertz CT molecular complexity index is 879. The molecule has 4 rings (SSSR count). The van der Waals surface area contributed by atoms with Crippen LogP contribution in [-0.4, -0.2) is 76.3 Å². The van der Waals surface area contributed by atoms with Crippen LogP contribution in [0.15, 0.2) is 30.3 Å². The van der Waals surface area contributed by atoms with Crippen molar-refractivity contribution < 1.29 is 24.0 Å². The molecule has 0 saturated carbocycles. The highest BCUT2D eigenvalue weighted by atomic mass is 16.7. The predicted octanol–water partition coefficient (Wildman–Crippen LogP) is 3.29. The Hall–Kier alpha value is -2.81. The van der Waals surface area contributed by atoms with Crippen LogP contribution in [0, 0.1) is 0 Å². The number of hydroxylamine groups is 2. The topological polar surface area (TPSA) is 91.4 Å². The first-order chi connectivity index (χ1) is 16.2. The molecule has 0 aromatic heterocycles. The van der Waals surface area contributed by atoms with Crippen LogP contribution < -0.4 is 5.32 Å². The second kappa shape index (κ2) is 10.2. The molecule has 1 aromatic carbocycles. The molecule has 3 fully saturated rings. The number of carbonyl (C=O) groups excluding carboxylic acids is 3. The second-order valence-electron chi connectivity index (χ2n) is 10.4. The molecule has 34 heavy (non-hydrogen) atoms. The lowest BCUT2D eigenvalue weighted by molar-refractivity contribution is -0.140. The third kappa shape index (κ3) is 6.00. The molecule has 0 aliphatic carbocycles. The van der Waals surface area contributed by atoms with Crippen molar-refractivity contribution in [2.24, 2.45) is 0 Å². The van der Waals surface area contributed by atoms with Crippen molar-refractivity contribution in [2.75, 3.05) is 19.6 Å². The minimum absolute atomic E-state index is 0.0301. The van der Waals surface area contributed by atoms with E-state index in [4.69, 9.17) is 9.57 Å². The first-order valence-corrected chi connectivity index (χ1v) is 12.2. The van der Waals surface area contributed by atoms with Crippen molar-refractivity contribution in [1.29, 1.82) is 0 Å². The Kier molecular flexibility index (Phi) is 7.30. The summed E-state index contributed by atoms with van der Waals surface area (Å²) in [6, 6.07) is 9.58. The predicted molar refractivity (Wildman–Crippen MR) is 126 cm³/mol. The van der Waals surface area contributed by atoms with Crippen LogP contribution in [0.2, 0.25) is 0 Å². The standard InChI is InChI=1S/C25H36N4O5/c1-25(2,3)34-24(32)27-13-11-19(12-14-27)26-22(30)15-20-9-10-21-16-28(20)23(31)29(21)33-17-18-7-5-4-6-8-18/h4-8,19-21H,9-17H2,1-3H3,(H,26,30)/t20-,21+/m0/s1. The number of likely N-dealkylation sites (tertiary alicyclic amines) is 1. The van der Waals surface area contributed by atoms with Crippen LogP contribution in [0.3, 0.4) is 0 Å². The van der Waals surface area contributed by atoms with Crippen LogP contribution >= 0.6 is 0 Å². The first-order valence-electron chi connectivity index (χ1n) is 12.2. The third-order valence-corrected chi connectivity index (χ3v) is 6.59. The molecular formula is C25H36N4O5. The van der Waals surface area contributed by atoms with Gasteiger partial charge in [-0.05, 0) is 52.0 Å². The van der Waals surface area contributed by atoms with Crippen LogP contribution in [-0.2, 0) is 21.0 Å². The molecule has 0 radical (unpaired) electrons. The Morgan fingerprint density at radius 1 is 1.06 bits per heavy atom. The Morgan fingerprint density at radius 2 is 1.76 bits per heavy atom. The fourth-order valence-electron chi connectivity index (χ4n) is 4.84. The van der Waals surface area contributed by atoms with E-state index in [2.05, 4.69) is 5.32 Å². The highest BCUT2D eigenvalue weighted by Crippen LogP contribution is 2.32. The van der Waals surface area contributed by atoms with Gasteiger partial charge in [0.25, 0.3) is 0 Å². The van der Waals surface area contributed by atoms with Crippen molar-refractivity contribution in [3.05, 3.63) is 35.9 Å². The molecule has 3 heterocycles. The lowest BCUT2D eigenvalue weighted by Crippen LogP contribution is -2.49. The lowest BCUT2D eigenvalue weighted by Gasteiger charge is -2.34. The number of ether oxygens (including phenoxy) is 1. The van der Waals surface area contributed by atoms with Crippen LogP contribution in [0.4, 0.5) is 9.59 Å². The van der Waals surface area contributed by atoms with Crippen LogP contribution in [0.1, 0.15) is 58.4 Å². The average molecular weight is 473 g/mol. The van der Waals surface area contributed by atoms with Gasteiger partial charge in [-0.25, -0.2) is 9.59 Å². The van der Waals surface area contributed by atoms with E-state index in [-0.39, 0.29) is 42.6 Å². The first kappa shape index (κ1) is 24.3. The van der Waals surface area contributed by atoms with E-state index in [9.17, 15) is 14.4 Å². The normalized spacial score (nSPS) is 23.3. The molecule has 3 saturated heterocycles. The summed E-state index contributed by atoms with van der Waals surface area (Å²) in [5.41, 5.74) is 0.497. The van der Waals surface area contributed by atoms with Crippen molar-refractivity contribution in [2.45, 2.75) is 83.2 Å². The minimum atomic E-state index is -0.518. The molecule has 3 aliphatic heterocycles. The summed E-state index contributed by atoms with van der Waals surface area (Å²) in [5.74, 6) is -0.0457. The smallest absolute Gasteiger partial charge is 0.410 e. The highest BCUT2D eigenvalue weighted by molar-refractivity contribution is 5.80. The molecule has 0 spiro atoms. The third-order valence-electron chi connectivity index (χ3n) is 6.59. The van der Waals surface area contributed by atoms with Gasteiger partial charge in [0.1, 0.15) is 12.2 Å². The number of nitrogens with one attached hydrogen (secondary N) is 1. The van der Waals surface area contributed by atoms with E-state index in [0.717, 1.165) is 18.4 Å². The van der Waals surface area contributed by atoms with Crippen LogP contribution in [0.25, 0.3) is 0 Å². The average Bonchev–Trinajstić information content (AvgIpc) is 3.04. The van der Waals surface area contributed by atoms with Gasteiger partial charge in [0.05, 0.1) is 6.04 Å². The molecule has 1 N–H and O–H groups in total. The van der Waals surface area contributed by atoms with Crippen LogP contribution in [0.5, 0.6) is 0 Å². The number of amides is 4. The zero-order valence-electron chi connectivity index (χ0n) is 20.4. The Morgan fingerprint density at radius 3 is 2.44 bits per heavy atom. The van der Waals surface area contributed by atoms with E-state index < -0.39 is 5.60 Å². The SMILES string of the molecule is CC(C)(C)OC(=O)N1CCC(NC(=O)C[C@@H]2CC[C@@H]3CN2C(=O)N3OCc2ccccc2)CC1. The van der Waals surface area contributed by atoms with Crippen molar-refractivity contribution >= 4 is 18.0 Å². The highest BCUT2D eigenvalue weighted by Gasteiger charge is 2.46. The summed E-state index contributed by atoms with van der Waals surface area (Å²) in [4.78, 5) is 47.2. The van der Waals surface area contributed by atoms with Gasteiger partial charge in [-0.1, -0.05) is 30.3 Å². The number of urea groups is 1. The maximum Gasteiger partial charge on any atom is 0.410 e. The largest absolute Gasteiger partial charge is 0.444 e. The van der Waals surface area contributed by atoms with E-state index in [1.807, 2.05) is 51.1 Å². The Labute approximate surface area is 201 Å². The minimum Gasteiger partial charge on any atom is -0.444 e. The van der Waals surface area contributed by atoms with E-state index in [1.54, 1.807) is 9.80 Å². The van der Waals surface area contributed by atoms with E-state index in [1.165, 1.54) is 5.06 Å². The molecule has 9 heteroatoms. The van der Waals surface area contributed by atoms with Gasteiger partial charge in [0.2, 0.25) is 5.91 Å². The molecule has 1 aromatic rings. The maximum atomic E-state index is 12.9. The number of piperidine rings is 2. The van der Waals surface area contributed by atoms with Gasteiger partial charge in [-0.15, -0.1) is 0 Å². The van der Waals surface area contributed by atoms with E-state index >= 15 is 0 Å². The molecule has 9 nitrogen and oxygen atoms in total. The van der Waals surface area contributed by atoms with Crippen molar-refractivity contribution in [1.82, 2.24) is 20.2 Å². The second-order valence-corrected chi connectivity index (χ2v) is 10.4. The van der Waals surface area contributed by atoms with Gasteiger partial charge in [-0.2, -0.15) is 5.06 Å². The van der Waals surface area contributed by atoms with Crippen molar-refractivity contribution in [3.63, 3.8) is 0 Å². The molecular weight excluding hydrogens is 436 g/mol. The number of rotatable bonds is 6. The van der Waals surface area contributed by atoms with Crippen molar-refractivity contribution in [3.8, 4) is 0 Å². The molecule has 3 aliphatic rings. The van der Waals surface area contributed by atoms with Gasteiger partial charge in [0, 0.05) is 38.1 Å². The van der Waals surface area contributed by atoms with E-state index in [0.29, 0.717) is 39.1 Å². The van der Waals surface area contributed by atoms with Gasteiger partial charge in [-0.3, -0.25) is 9.63 Å². The fraction of sp³-hybridized carbons (Fsp3) is 0.640. The number of carbonyl (C=O) groups is 3. The van der Waals surface area contributed by atoms with Gasteiger partial charge < -0.3 is 19.9 Å². The summed E-state index contributed by atoms with van der Waals surface area (Å²) in [6.07, 6.45) is 2.98. The molecule has 186 valence electrons.